The van der Waals surface area contributed by atoms with E-state index in [9.17, 15) is 9.90 Å². The molecule has 0 atom stereocenters. The van der Waals surface area contributed by atoms with Crippen molar-refractivity contribution in [1.82, 2.24) is 5.43 Å². The van der Waals surface area contributed by atoms with Crippen LogP contribution in [0.15, 0.2) is 59.7 Å². The third kappa shape index (κ3) is 6.67. The minimum atomic E-state index is -0.473. The minimum absolute atomic E-state index is 0.0804. The molecule has 0 aliphatic carbocycles. The van der Waals surface area contributed by atoms with Gasteiger partial charge in [0.25, 0.3) is 5.91 Å². The molecule has 0 aromatic heterocycles. The molecule has 8 heteroatoms. The summed E-state index contributed by atoms with van der Waals surface area (Å²) >= 11 is 5.85. The lowest BCUT2D eigenvalue weighted by Gasteiger charge is -2.19. The van der Waals surface area contributed by atoms with Crippen LogP contribution >= 0.6 is 11.6 Å². The topological polar surface area (TPSA) is 89.4 Å². The number of nitrogens with one attached hydrogen (secondary N) is 1. The monoisotopic (exact) mass is 496 g/mol. The van der Waals surface area contributed by atoms with E-state index >= 15 is 0 Å². The molecular weight excluding hydrogens is 468 g/mol. The number of halogens is 1. The SMILES string of the molecule is COc1cc(C=NNC(=O)c2ccc(O)c(Cl)c2)cc(OC)c1OCc1ccc(C(C)(C)C)cc1. The highest BCUT2D eigenvalue weighted by Crippen LogP contribution is 2.39. The van der Waals surface area contributed by atoms with Crippen LogP contribution in [-0.2, 0) is 12.0 Å². The summed E-state index contributed by atoms with van der Waals surface area (Å²) in [5.74, 6) is 0.826. The zero-order chi connectivity index (χ0) is 25.6. The smallest absolute Gasteiger partial charge is 0.271 e. The number of phenols is 1. The number of methoxy groups -OCH3 is 2. The molecule has 0 aliphatic rings. The van der Waals surface area contributed by atoms with Crippen LogP contribution in [0.2, 0.25) is 5.02 Å². The first kappa shape index (κ1) is 25.9. The van der Waals surface area contributed by atoms with Crippen molar-refractivity contribution in [1.29, 1.82) is 0 Å². The minimum Gasteiger partial charge on any atom is -0.506 e. The normalized spacial score (nSPS) is 11.4. The van der Waals surface area contributed by atoms with Crippen LogP contribution in [0.1, 0.15) is 47.8 Å². The van der Waals surface area contributed by atoms with E-state index in [1.807, 2.05) is 12.1 Å². The summed E-state index contributed by atoms with van der Waals surface area (Å²) < 4.78 is 17.1. The first-order chi connectivity index (χ1) is 16.6. The second kappa shape index (κ2) is 11.1. The Morgan fingerprint density at radius 3 is 2.20 bits per heavy atom. The Bertz CT molecular complexity index is 1190. The number of aromatic hydroxyl groups is 1. The molecular formula is C27H29ClN2O5. The molecule has 184 valence electrons. The number of hydrogen-bond acceptors (Lipinski definition) is 6. The number of rotatable bonds is 8. The van der Waals surface area contributed by atoms with Gasteiger partial charge in [-0.15, -0.1) is 0 Å². The molecule has 7 nitrogen and oxygen atoms in total. The van der Waals surface area contributed by atoms with Gasteiger partial charge in [-0.2, -0.15) is 5.10 Å². The zero-order valence-electron chi connectivity index (χ0n) is 20.4. The van der Waals surface area contributed by atoms with Gasteiger partial charge in [0.2, 0.25) is 5.75 Å². The van der Waals surface area contributed by atoms with Gasteiger partial charge in [0.1, 0.15) is 12.4 Å². The van der Waals surface area contributed by atoms with Crippen LogP contribution in [0, 0.1) is 0 Å². The number of nitrogens with zero attached hydrogens (tertiary/aromatic N) is 1. The van der Waals surface area contributed by atoms with Gasteiger partial charge in [-0.25, -0.2) is 5.43 Å². The molecule has 0 bridgehead atoms. The fraction of sp³-hybridized carbons (Fsp3) is 0.259. The summed E-state index contributed by atoms with van der Waals surface area (Å²) in [6.45, 7) is 6.87. The van der Waals surface area contributed by atoms with Crippen molar-refractivity contribution in [3.8, 4) is 23.0 Å². The Balaban J connectivity index is 1.72. The van der Waals surface area contributed by atoms with Crippen molar-refractivity contribution in [2.45, 2.75) is 32.8 Å². The summed E-state index contributed by atoms with van der Waals surface area (Å²) in [5.41, 5.74) is 5.67. The van der Waals surface area contributed by atoms with Gasteiger partial charge in [0.05, 0.1) is 25.5 Å². The number of hydrazone groups is 1. The first-order valence-electron chi connectivity index (χ1n) is 10.9. The fourth-order valence-electron chi connectivity index (χ4n) is 3.25. The number of amides is 1. The molecule has 2 N–H and O–H groups in total. The van der Waals surface area contributed by atoms with E-state index < -0.39 is 5.91 Å². The van der Waals surface area contributed by atoms with Gasteiger partial charge in [0, 0.05) is 11.1 Å². The molecule has 0 saturated heterocycles. The Labute approximate surface area is 210 Å². The van der Waals surface area contributed by atoms with Crippen LogP contribution in [0.4, 0.5) is 0 Å². The molecule has 3 aromatic rings. The number of carbonyl (C=O) groups excluding carboxylic acids is 1. The van der Waals surface area contributed by atoms with Crippen LogP contribution in [0.5, 0.6) is 23.0 Å². The second-order valence-electron chi connectivity index (χ2n) is 8.86. The predicted molar refractivity (Wildman–Crippen MR) is 137 cm³/mol. The average Bonchev–Trinajstić information content (AvgIpc) is 2.83. The second-order valence-corrected chi connectivity index (χ2v) is 9.26. The van der Waals surface area contributed by atoms with Gasteiger partial charge in [0.15, 0.2) is 11.5 Å². The Morgan fingerprint density at radius 1 is 1.03 bits per heavy atom. The van der Waals surface area contributed by atoms with Gasteiger partial charge in [-0.05, 0) is 46.9 Å². The molecule has 3 aromatic carbocycles. The molecule has 0 fully saturated rings. The highest BCUT2D eigenvalue weighted by atomic mass is 35.5. The van der Waals surface area contributed by atoms with Crippen molar-refractivity contribution in [2.75, 3.05) is 14.2 Å². The van der Waals surface area contributed by atoms with Crippen LogP contribution < -0.4 is 19.6 Å². The van der Waals surface area contributed by atoms with Gasteiger partial charge >= 0.3 is 0 Å². The average molecular weight is 497 g/mol. The Hall–Kier alpha value is -3.71. The summed E-state index contributed by atoms with van der Waals surface area (Å²) in [4.78, 5) is 12.3. The standard InChI is InChI=1S/C27H29ClN2O5/c1-27(2,3)20-9-6-17(7-10-20)16-35-25-23(33-4)12-18(13-24(25)34-5)15-29-30-26(32)19-8-11-22(31)21(28)14-19/h6-15,31H,16H2,1-5H3,(H,30,32). The van der Waals surface area contributed by atoms with Crippen molar-refractivity contribution in [2.24, 2.45) is 5.10 Å². The molecule has 0 radical (unpaired) electrons. The lowest BCUT2D eigenvalue weighted by molar-refractivity contribution is 0.0955. The van der Waals surface area contributed by atoms with Crippen LogP contribution in [0.3, 0.4) is 0 Å². The number of hydrogen-bond donors (Lipinski definition) is 2. The molecule has 1 amide bonds. The molecule has 0 aliphatic heterocycles. The highest BCUT2D eigenvalue weighted by molar-refractivity contribution is 6.32. The predicted octanol–water partition coefficient (Wildman–Crippen LogP) is 5.70. The molecule has 0 heterocycles. The first-order valence-corrected chi connectivity index (χ1v) is 11.3. The molecule has 3 rings (SSSR count). The van der Waals surface area contributed by atoms with Crippen molar-refractivity contribution < 1.29 is 24.1 Å². The maximum Gasteiger partial charge on any atom is 0.271 e. The van der Waals surface area contributed by atoms with E-state index in [0.29, 0.717) is 29.4 Å². The Morgan fingerprint density at radius 2 is 1.66 bits per heavy atom. The summed E-state index contributed by atoms with van der Waals surface area (Å²) in [7, 11) is 3.08. The van der Waals surface area contributed by atoms with Crippen molar-refractivity contribution in [3.05, 3.63) is 81.9 Å². The van der Waals surface area contributed by atoms with E-state index in [4.69, 9.17) is 25.8 Å². The Kier molecular flexibility index (Phi) is 8.25. The van der Waals surface area contributed by atoms with Crippen LogP contribution in [-0.4, -0.2) is 31.4 Å². The molecule has 0 spiro atoms. The van der Waals surface area contributed by atoms with E-state index in [2.05, 4.69) is 43.4 Å². The van der Waals surface area contributed by atoms with E-state index in [1.165, 1.54) is 44.2 Å². The maximum absolute atomic E-state index is 12.3. The maximum atomic E-state index is 12.3. The number of ether oxygens (including phenoxy) is 3. The number of benzene rings is 3. The van der Waals surface area contributed by atoms with Crippen molar-refractivity contribution >= 4 is 23.7 Å². The van der Waals surface area contributed by atoms with Crippen molar-refractivity contribution in [3.63, 3.8) is 0 Å². The van der Waals surface area contributed by atoms with E-state index in [-0.39, 0.29) is 21.8 Å². The molecule has 0 saturated carbocycles. The third-order valence-electron chi connectivity index (χ3n) is 5.28. The number of phenolic OH excluding ortho intramolecular Hbond substituents is 1. The van der Waals surface area contributed by atoms with Gasteiger partial charge in [-0.3, -0.25) is 4.79 Å². The lowest BCUT2D eigenvalue weighted by atomic mass is 9.87. The third-order valence-corrected chi connectivity index (χ3v) is 5.58. The fourth-order valence-corrected chi connectivity index (χ4v) is 3.43. The molecule has 0 unspecified atom stereocenters. The lowest BCUT2D eigenvalue weighted by Crippen LogP contribution is -2.17. The highest BCUT2D eigenvalue weighted by Gasteiger charge is 2.16. The summed E-state index contributed by atoms with van der Waals surface area (Å²) in [6, 6.07) is 15.9. The van der Waals surface area contributed by atoms with Crippen LogP contribution in [0.25, 0.3) is 0 Å². The van der Waals surface area contributed by atoms with Gasteiger partial charge < -0.3 is 19.3 Å². The van der Waals surface area contributed by atoms with Gasteiger partial charge in [-0.1, -0.05) is 56.6 Å². The summed E-state index contributed by atoms with van der Waals surface area (Å²) in [5, 5.41) is 13.6. The quantitative estimate of drug-likeness (QED) is 0.308. The number of carbonyl (C=O) groups is 1. The zero-order valence-corrected chi connectivity index (χ0v) is 21.1. The van der Waals surface area contributed by atoms with E-state index in [0.717, 1.165) is 5.56 Å². The van der Waals surface area contributed by atoms with E-state index in [1.54, 1.807) is 12.1 Å². The largest absolute Gasteiger partial charge is 0.506 e. The molecule has 35 heavy (non-hydrogen) atoms. The summed E-state index contributed by atoms with van der Waals surface area (Å²) in [6.07, 6.45) is 1.46.